The number of nitrogens with one attached hydrogen (secondary N) is 1. The summed E-state index contributed by atoms with van der Waals surface area (Å²) in [5, 5.41) is 3.00. The van der Waals surface area contributed by atoms with Crippen LogP contribution in [0.25, 0.3) is 0 Å². The summed E-state index contributed by atoms with van der Waals surface area (Å²) in [5.74, 6) is 0.238. The average Bonchev–Trinajstić information content (AvgIpc) is 2.55. The highest BCUT2D eigenvalue weighted by atomic mass is 35.5. The zero-order valence-electron chi connectivity index (χ0n) is 16.0. The molecule has 3 N–H and O–H groups in total. The Bertz CT molecular complexity index is 536. The normalized spacial score (nSPS) is 12.5. The van der Waals surface area contributed by atoms with E-state index in [1.807, 2.05) is 43.3 Å². The van der Waals surface area contributed by atoms with Crippen molar-refractivity contribution in [3.8, 4) is 0 Å². The van der Waals surface area contributed by atoms with Crippen LogP contribution in [-0.4, -0.2) is 36.5 Å². The Labute approximate surface area is 170 Å². The van der Waals surface area contributed by atoms with Gasteiger partial charge in [0.25, 0.3) is 0 Å². The molecule has 26 heavy (non-hydrogen) atoms. The van der Waals surface area contributed by atoms with Crippen LogP contribution in [0, 0.1) is 12.8 Å². The van der Waals surface area contributed by atoms with Crippen molar-refractivity contribution >= 4 is 30.7 Å². The predicted octanol–water partition coefficient (Wildman–Crippen LogP) is 3.65. The summed E-state index contributed by atoms with van der Waals surface area (Å²) in [5.41, 5.74) is 8.06. The minimum Gasteiger partial charge on any atom is -0.353 e. The fourth-order valence-electron chi connectivity index (χ4n) is 2.70. The van der Waals surface area contributed by atoms with E-state index in [2.05, 4.69) is 37.2 Å². The highest BCUT2D eigenvalue weighted by molar-refractivity contribution is 5.85. The fraction of sp³-hybridized carbons (Fsp3) is 0.450. The Kier molecular flexibility index (Phi) is 14.3. The number of nitrogens with two attached hydrogens (primary N) is 1. The molecule has 1 rings (SSSR count). The van der Waals surface area contributed by atoms with Crippen molar-refractivity contribution in [2.45, 2.75) is 32.9 Å². The first-order valence-electron chi connectivity index (χ1n) is 8.46. The summed E-state index contributed by atoms with van der Waals surface area (Å²) in [7, 11) is 0. The topological polar surface area (TPSA) is 58.4 Å². The van der Waals surface area contributed by atoms with Gasteiger partial charge in [-0.3, -0.25) is 9.69 Å². The molecule has 0 bridgehead atoms. The van der Waals surface area contributed by atoms with Crippen LogP contribution in [0.1, 0.15) is 31.0 Å². The molecule has 0 radical (unpaired) electrons. The Balaban J connectivity index is 0. The number of rotatable bonds is 10. The van der Waals surface area contributed by atoms with Gasteiger partial charge in [0.15, 0.2) is 0 Å². The Morgan fingerprint density at radius 2 is 1.65 bits per heavy atom. The third kappa shape index (κ3) is 8.37. The van der Waals surface area contributed by atoms with Crippen molar-refractivity contribution < 1.29 is 4.79 Å². The smallest absolute Gasteiger partial charge is 0.241 e. The van der Waals surface area contributed by atoms with Crippen molar-refractivity contribution in [2.75, 3.05) is 19.6 Å². The van der Waals surface area contributed by atoms with E-state index in [1.54, 1.807) is 0 Å². The standard InChI is InChI=1S/C20H31N3O.2ClH/c1-6-12-23(13-7-2)18(15(3)4)14-22-20(24)19(21)17-10-8-16(5)9-11-17;;/h6-11,15,18-19H,1-2,12-14,21H2,3-5H3,(H,22,24);2*1H. The third-order valence-electron chi connectivity index (χ3n) is 4.17. The van der Waals surface area contributed by atoms with Crippen molar-refractivity contribution in [3.05, 3.63) is 60.7 Å². The summed E-state index contributed by atoms with van der Waals surface area (Å²) < 4.78 is 0. The van der Waals surface area contributed by atoms with Crippen molar-refractivity contribution in [1.29, 1.82) is 0 Å². The summed E-state index contributed by atoms with van der Waals surface area (Å²) >= 11 is 0. The van der Waals surface area contributed by atoms with Crippen LogP contribution in [-0.2, 0) is 4.79 Å². The number of carbonyl (C=O) groups is 1. The molecule has 1 aromatic rings. The second kappa shape index (κ2) is 13.8. The number of nitrogens with zero attached hydrogens (tertiary/aromatic N) is 1. The summed E-state index contributed by atoms with van der Waals surface area (Å²) in [6.07, 6.45) is 3.75. The van der Waals surface area contributed by atoms with E-state index in [0.717, 1.165) is 24.2 Å². The molecule has 0 aliphatic rings. The number of carbonyl (C=O) groups excluding carboxylic acids is 1. The first kappa shape index (κ1) is 26.9. The molecule has 0 fully saturated rings. The van der Waals surface area contributed by atoms with Gasteiger partial charge in [-0.15, -0.1) is 38.0 Å². The number of amides is 1. The molecule has 0 heterocycles. The van der Waals surface area contributed by atoms with Gasteiger partial charge in [0, 0.05) is 25.7 Å². The lowest BCUT2D eigenvalue weighted by molar-refractivity contribution is -0.122. The van der Waals surface area contributed by atoms with Gasteiger partial charge in [-0.1, -0.05) is 55.8 Å². The maximum atomic E-state index is 12.4. The number of benzene rings is 1. The van der Waals surface area contributed by atoms with E-state index in [9.17, 15) is 4.79 Å². The highest BCUT2D eigenvalue weighted by Gasteiger charge is 2.22. The van der Waals surface area contributed by atoms with Gasteiger partial charge in [-0.25, -0.2) is 0 Å². The average molecular weight is 402 g/mol. The van der Waals surface area contributed by atoms with E-state index >= 15 is 0 Å². The summed E-state index contributed by atoms with van der Waals surface area (Å²) in [6, 6.07) is 7.30. The zero-order chi connectivity index (χ0) is 18.1. The van der Waals surface area contributed by atoms with Crippen LogP contribution in [0.2, 0.25) is 0 Å². The van der Waals surface area contributed by atoms with Crippen LogP contribution in [0.4, 0.5) is 0 Å². The molecule has 4 nitrogen and oxygen atoms in total. The molecule has 2 atom stereocenters. The first-order chi connectivity index (χ1) is 11.4. The number of halogens is 2. The summed E-state index contributed by atoms with van der Waals surface area (Å²) in [6.45, 7) is 16.0. The highest BCUT2D eigenvalue weighted by Crippen LogP contribution is 2.13. The lowest BCUT2D eigenvalue weighted by atomic mass is 10.0. The Morgan fingerprint density at radius 3 is 2.08 bits per heavy atom. The maximum Gasteiger partial charge on any atom is 0.241 e. The van der Waals surface area contributed by atoms with Crippen LogP contribution in [0.3, 0.4) is 0 Å². The molecule has 2 unspecified atom stereocenters. The van der Waals surface area contributed by atoms with E-state index in [0.29, 0.717) is 12.5 Å². The first-order valence-corrected chi connectivity index (χ1v) is 8.46. The van der Waals surface area contributed by atoms with Gasteiger partial charge in [0.1, 0.15) is 6.04 Å². The molecule has 0 spiro atoms. The Hall–Kier alpha value is -1.33. The van der Waals surface area contributed by atoms with Gasteiger partial charge >= 0.3 is 0 Å². The second-order valence-electron chi connectivity index (χ2n) is 6.48. The molecule has 6 heteroatoms. The van der Waals surface area contributed by atoms with Crippen LogP contribution in [0.5, 0.6) is 0 Å². The van der Waals surface area contributed by atoms with Crippen LogP contribution in [0.15, 0.2) is 49.6 Å². The number of hydrogen-bond acceptors (Lipinski definition) is 3. The fourth-order valence-corrected chi connectivity index (χ4v) is 2.70. The van der Waals surface area contributed by atoms with Gasteiger partial charge < -0.3 is 11.1 Å². The lowest BCUT2D eigenvalue weighted by Crippen LogP contribution is -2.48. The molecule has 148 valence electrons. The van der Waals surface area contributed by atoms with E-state index < -0.39 is 6.04 Å². The second-order valence-corrected chi connectivity index (χ2v) is 6.48. The molecule has 1 amide bonds. The van der Waals surface area contributed by atoms with Gasteiger partial charge in [-0.05, 0) is 18.4 Å². The number of aryl methyl sites for hydroxylation is 1. The lowest BCUT2D eigenvalue weighted by Gasteiger charge is -2.33. The van der Waals surface area contributed by atoms with Crippen molar-refractivity contribution in [2.24, 2.45) is 11.7 Å². The third-order valence-corrected chi connectivity index (χ3v) is 4.17. The molecule has 0 aliphatic heterocycles. The number of hydrogen-bond donors (Lipinski definition) is 2. The molecule has 0 saturated carbocycles. The minimum atomic E-state index is -0.648. The maximum absolute atomic E-state index is 12.4. The van der Waals surface area contributed by atoms with Crippen molar-refractivity contribution in [1.82, 2.24) is 10.2 Å². The SMILES string of the molecule is C=CCN(CC=C)C(CNC(=O)C(N)c1ccc(C)cc1)C(C)C.Cl.Cl. The predicted molar refractivity (Wildman–Crippen MR) is 116 cm³/mol. The molecule has 1 aromatic carbocycles. The summed E-state index contributed by atoms with van der Waals surface area (Å²) in [4.78, 5) is 14.7. The molecular formula is C20H33Cl2N3O. The monoisotopic (exact) mass is 401 g/mol. The molecule has 0 saturated heterocycles. The molecule has 0 aliphatic carbocycles. The van der Waals surface area contributed by atoms with Gasteiger partial charge in [-0.2, -0.15) is 0 Å². The van der Waals surface area contributed by atoms with Crippen LogP contribution >= 0.6 is 24.8 Å². The van der Waals surface area contributed by atoms with Gasteiger partial charge in [0.2, 0.25) is 5.91 Å². The van der Waals surface area contributed by atoms with Crippen molar-refractivity contribution in [3.63, 3.8) is 0 Å². The van der Waals surface area contributed by atoms with E-state index in [-0.39, 0.29) is 36.8 Å². The van der Waals surface area contributed by atoms with E-state index in [4.69, 9.17) is 5.73 Å². The van der Waals surface area contributed by atoms with Gasteiger partial charge in [0.05, 0.1) is 0 Å². The van der Waals surface area contributed by atoms with Crippen LogP contribution < -0.4 is 11.1 Å². The molecule has 0 aromatic heterocycles. The quantitative estimate of drug-likeness (QED) is 0.588. The molecular weight excluding hydrogens is 369 g/mol. The largest absolute Gasteiger partial charge is 0.353 e. The zero-order valence-corrected chi connectivity index (χ0v) is 17.6. The van der Waals surface area contributed by atoms with E-state index in [1.165, 1.54) is 0 Å². The minimum absolute atomic E-state index is 0. The Morgan fingerprint density at radius 1 is 1.15 bits per heavy atom.